The normalized spacial score (nSPS) is 13.1. The third-order valence-electron chi connectivity index (χ3n) is 2.12. The summed E-state index contributed by atoms with van der Waals surface area (Å²) in [6.07, 6.45) is -4.61. The molecule has 0 fully saturated rings. The van der Waals surface area contributed by atoms with Crippen molar-refractivity contribution in [1.29, 1.82) is 0 Å². The SMILES string of the molecule is CN(C)Cc1cc(C(F)(F)F)cc(S(N)(=O)=O)c1. The van der Waals surface area contributed by atoms with Crippen LogP contribution in [0, 0.1) is 0 Å². The molecule has 0 atom stereocenters. The molecular weight excluding hydrogens is 269 g/mol. The van der Waals surface area contributed by atoms with Crippen LogP contribution in [0.2, 0.25) is 0 Å². The van der Waals surface area contributed by atoms with Gasteiger partial charge in [-0.05, 0) is 37.9 Å². The molecule has 0 amide bonds. The molecule has 0 heterocycles. The first-order valence-corrected chi connectivity index (χ1v) is 6.43. The van der Waals surface area contributed by atoms with Gasteiger partial charge in [0.25, 0.3) is 0 Å². The maximum absolute atomic E-state index is 12.6. The highest BCUT2D eigenvalue weighted by Gasteiger charge is 2.32. The van der Waals surface area contributed by atoms with E-state index in [0.29, 0.717) is 6.07 Å². The summed E-state index contributed by atoms with van der Waals surface area (Å²) in [7, 11) is -0.835. The van der Waals surface area contributed by atoms with E-state index < -0.39 is 26.7 Å². The molecule has 0 spiro atoms. The predicted molar refractivity (Wildman–Crippen MR) is 60.2 cm³/mol. The van der Waals surface area contributed by atoms with Crippen molar-refractivity contribution in [3.05, 3.63) is 29.3 Å². The average molecular weight is 282 g/mol. The van der Waals surface area contributed by atoms with Crippen LogP contribution >= 0.6 is 0 Å². The number of hydrogen-bond acceptors (Lipinski definition) is 3. The molecular formula is C10H13F3N2O2S. The summed E-state index contributed by atoms with van der Waals surface area (Å²) in [6.45, 7) is 0.187. The molecule has 4 nitrogen and oxygen atoms in total. The Morgan fingerprint density at radius 3 is 2.17 bits per heavy atom. The van der Waals surface area contributed by atoms with Gasteiger partial charge in [0, 0.05) is 6.54 Å². The second-order valence-corrected chi connectivity index (χ2v) is 5.71. The van der Waals surface area contributed by atoms with E-state index in [1.165, 1.54) is 0 Å². The summed E-state index contributed by atoms with van der Waals surface area (Å²) in [4.78, 5) is 1.09. The van der Waals surface area contributed by atoms with Gasteiger partial charge in [0.05, 0.1) is 10.5 Å². The Labute approximate surface area is 103 Å². The number of primary sulfonamides is 1. The Morgan fingerprint density at radius 2 is 1.78 bits per heavy atom. The second kappa shape index (κ2) is 4.87. The molecule has 0 aliphatic carbocycles. The van der Waals surface area contributed by atoms with E-state index in [2.05, 4.69) is 0 Å². The zero-order chi connectivity index (χ0) is 14.1. The quantitative estimate of drug-likeness (QED) is 0.911. The lowest BCUT2D eigenvalue weighted by Gasteiger charge is -2.14. The van der Waals surface area contributed by atoms with Crippen LogP contribution in [0.3, 0.4) is 0 Å². The summed E-state index contributed by atoms with van der Waals surface area (Å²) in [6, 6.07) is 2.59. The van der Waals surface area contributed by atoms with Gasteiger partial charge >= 0.3 is 6.18 Å². The van der Waals surface area contributed by atoms with Crippen molar-refractivity contribution in [3.63, 3.8) is 0 Å². The van der Waals surface area contributed by atoms with Crippen LogP contribution in [0.15, 0.2) is 23.1 Å². The van der Waals surface area contributed by atoms with Gasteiger partial charge in [0.15, 0.2) is 0 Å². The van der Waals surface area contributed by atoms with Crippen molar-refractivity contribution in [1.82, 2.24) is 4.90 Å². The Balaban J connectivity index is 3.39. The van der Waals surface area contributed by atoms with Crippen molar-refractivity contribution in [2.45, 2.75) is 17.6 Å². The van der Waals surface area contributed by atoms with Crippen LogP contribution in [0.25, 0.3) is 0 Å². The lowest BCUT2D eigenvalue weighted by atomic mass is 10.1. The molecule has 0 bridgehead atoms. The van der Waals surface area contributed by atoms with E-state index >= 15 is 0 Å². The first kappa shape index (κ1) is 14.9. The van der Waals surface area contributed by atoms with Crippen molar-refractivity contribution < 1.29 is 21.6 Å². The molecule has 1 aromatic rings. The Bertz CT molecular complexity index is 539. The minimum atomic E-state index is -4.61. The molecule has 1 rings (SSSR count). The molecule has 1 aromatic carbocycles. The van der Waals surface area contributed by atoms with Gasteiger partial charge in [-0.1, -0.05) is 0 Å². The molecule has 0 unspecified atom stereocenters. The minimum Gasteiger partial charge on any atom is -0.305 e. The van der Waals surface area contributed by atoms with Crippen molar-refractivity contribution in [2.24, 2.45) is 5.14 Å². The lowest BCUT2D eigenvalue weighted by molar-refractivity contribution is -0.137. The van der Waals surface area contributed by atoms with E-state index in [4.69, 9.17) is 5.14 Å². The lowest BCUT2D eigenvalue weighted by Crippen LogP contribution is -2.17. The van der Waals surface area contributed by atoms with Crippen LogP contribution in [0.1, 0.15) is 11.1 Å². The van der Waals surface area contributed by atoms with Crippen LogP contribution < -0.4 is 5.14 Å². The first-order chi connectivity index (χ1) is 8.00. The third-order valence-corrected chi connectivity index (χ3v) is 3.01. The van der Waals surface area contributed by atoms with E-state index in [9.17, 15) is 21.6 Å². The molecule has 0 aliphatic heterocycles. The largest absolute Gasteiger partial charge is 0.416 e. The molecule has 0 saturated carbocycles. The van der Waals surface area contributed by atoms with Gasteiger partial charge in [-0.3, -0.25) is 0 Å². The third kappa shape index (κ3) is 3.97. The second-order valence-electron chi connectivity index (χ2n) is 4.15. The standard InChI is InChI=1S/C10H13F3N2O2S/c1-15(2)6-7-3-8(10(11,12)13)5-9(4-7)18(14,16)17/h3-5H,6H2,1-2H3,(H2,14,16,17). The van der Waals surface area contributed by atoms with Crippen molar-refractivity contribution in [2.75, 3.05) is 14.1 Å². The molecule has 0 radical (unpaired) electrons. The Kier molecular flexibility index (Phi) is 4.04. The number of sulfonamides is 1. The van der Waals surface area contributed by atoms with E-state index in [1.807, 2.05) is 0 Å². The van der Waals surface area contributed by atoms with Gasteiger partial charge in [0.2, 0.25) is 10.0 Å². The highest BCUT2D eigenvalue weighted by Crippen LogP contribution is 2.31. The minimum absolute atomic E-state index is 0.187. The van der Waals surface area contributed by atoms with E-state index in [0.717, 1.165) is 12.1 Å². The number of benzene rings is 1. The number of hydrogen-bond donors (Lipinski definition) is 1. The zero-order valence-electron chi connectivity index (χ0n) is 9.82. The summed E-state index contributed by atoms with van der Waals surface area (Å²) in [5.41, 5.74) is -0.787. The molecule has 8 heteroatoms. The van der Waals surface area contributed by atoms with Gasteiger partial charge in [-0.2, -0.15) is 13.2 Å². The zero-order valence-corrected chi connectivity index (χ0v) is 10.6. The summed E-state index contributed by atoms with van der Waals surface area (Å²) >= 11 is 0. The Morgan fingerprint density at radius 1 is 1.22 bits per heavy atom. The van der Waals surface area contributed by atoms with Crippen LogP contribution in [0.4, 0.5) is 13.2 Å². The fourth-order valence-corrected chi connectivity index (χ4v) is 2.05. The summed E-state index contributed by atoms with van der Waals surface area (Å²) in [5.74, 6) is 0. The smallest absolute Gasteiger partial charge is 0.305 e. The maximum Gasteiger partial charge on any atom is 0.416 e. The predicted octanol–water partition coefficient (Wildman–Crippen LogP) is 1.41. The maximum atomic E-state index is 12.6. The topological polar surface area (TPSA) is 63.4 Å². The molecule has 102 valence electrons. The summed E-state index contributed by atoms with van der Waals surface area (Å²) < 4.78 is 60.2. The highest BCUT2D eigenvalue weighted by molar-refractivity contribution is 7.89. The number of nitrogens with two attached hydrogens (primary N) is 1. The van der Waals surface area contributed by atoms with Gasteiger partial charge in [-0.25, -0.2) is 13.6 Å². The fourth-order valence-electron chi connectivity index (χ4n) is 1.45. The van der Waals surface area contributed by atoms with Crippen molar-refractivity contribution >= 4 is 10.0 Å². The fraction of sp³-hybridized carbons (Fsp3) is 0.400. The molecule has 18 heavy (non-hydrogen) atoms. The highest BCUT2D eigenvalue weighted by atomic mass is 32.2. The summed E-state index contributed by atoms with van der Waals surface area (Å²) in [5, 5.41) is 4.86. The monoisotopic (exact) mass is 282 g/mol. The molecule has 2 N–H and O–H groups in total. The van der Waals surface area contributed by atoms with Crippen LogP contribution in [-0.2, 0) is 22.7 Å². The molecule has 0 saturated heterocycles. The van der Waals surface area contributed by atoms with Crippen LogP contribution in [-0.4, -0.2) is 27.4 Å². The number of nitrogens with zero attached hydrogens (tertiary/aromatic N) is 1. The number of alkyl halides is 3. The van der Waals surface area contributed by atoms with Gasteiger partial charge in [-0.15, -0.1) is 0 Å². The number of halogens is 3. The van der Waals surface area contributed by atoms with Crippen molar-refractivity contribution in [3.8, 4) is 0 Å². The van der Waals surface area contributed by atoms with Gasteiger partial charge < -0.3 is 4.90 Å². The average Bonchev–Trinajstić information content (AvgIpc) is 2.13. The van der Waals surface area contributed by atoms with Gasteiger partial charge in [0.1, 0.15) is 0 Å². The number of rotatable bonds is 3. The first-order valence-electron chi connectivity index (χ1n) is 4.89. The molecule has 0 aliphatic rings. The molecule has 0 aromatic heterocycles. The van der Waals surface area contributed by atoms with E-state index in [-0.39, 0.29) is 12.1 Å². The van der Waals surface area contributed by atoms with E-state index in [1.54, 1.807) is 19.0 Å². The Hall–Kier alpha value is -1.12. The van der Waals surface area contributed by atoms with Crippen LogP contribution in [0.5, 0.6) is 0 Å².